The third-order valence-electron chi connectivity index (χ3n) is 6.22. The molecule has 3 heterocycles. The number of hydrogen-bond donors (Lipinski definition) is 2. The van der Waals surface area contributed by atoms with Crippen LogP contribution in [0, 0.1) is 11.3 Å². The number of ether oxygens (including phenoxy) is 2. The monoisotopic (exact) mass is 575 g/mol. The molecule has 10 nitrogen and oxygen atoms in total. The van der Waals surface area contributed by atoms with Crippen LogP contribution < -0.4 is 0 Å². The van der Waals surface area contributed by atoms with E-state index < -0.39 is 24.3 Å². The van der Waals surface area contributed by atoms with Crippen LogP contribution in [0.5, 0.6) is 0 Å². The van der Waals surface area contributed by atoms with Gasteiger partial charge in [0.2, 0.25) is 5.91 Å². The van der Waals surface area contributed by atoms with Gasteiger partial charge in [0.25, 0.3) is 0 Å². The van der Waals surface area contributed by atoms with Crippen molar-refractivity contribution in [1.29, 1.82) is 0 Å². The summed E-state index contributed by atoms with van der Waals surface area (Å²) in [7, 11) is 3.37. The van der Waals surface area contributed by atoms with Crippen LogP contribution in [0.2, 0.25) is 0 Å². The van der Waals surface area contributed by atoms with Gasteiger partial charge in [-0.2, -0.15) is 26.3 Å². The highest BCUT2D eigenvalue weighted by Crippen LogP contribution is 2.45. The van der Waals surface area contributed by atoms with Gasteiger partial charge >= 0.3 is 24.3 Å². The summed E-state index contributed by atoms with van der Waals surface area (Å²) >= 11 is 0. The van der Waals surface area contributed by atoms with Gasteiger partial charge < -0.3 is 24.6 Å². The molecule has 0 bridgehead atoms. The summed E-state index contributed by atoms with van der Waals surface area (Å²) < 4.78 is 74.0. The number of piperidine rings is 1. The maximum atomic E-state index is 12.8. The highest BCUT2D eigenvalue weighted by molar-refractivity contribution is 5.82. The Morgan fingerprint density at radius 1 is 1.05 bits per heavy atom. The number of carbonyl (C=O) groups excluding carboxylic acids is 1. The molecule has 2 fully saturated rings. The normalized spacial score (nSPS) is 19.1. The molecule has 16 heteroatoms. The SMILES string of the molecule is COCCN1CC2(CCN(Cc3cccnc3)CC2)C(COC)C1=O.O=C(O)C(F)(F)F.O=C(O)C(F)(F)F. The minimum atomic E-state index is -5.08. The number of likely N-dealkylation sites (tertiary alicyclic amines) is 2. The van der Waals surface area contributed by atoms with E-state index in [1.165, 1.54) is 5.56 Å². The van der Waals surface area contributed by atoms with Crippen LogP contribution in [0.15, 0.2) is 24.5 Å². The lowest BCUT2D eigenvalue weighted by Gasteiger charge is -2.41. The minimum Gasteiger partial charge on any atom is -0.475 e. The number of hydrogen-bond acceptors (Lipinski definition) is 7. The van der Waals surface area contributed by atoms with E-state index in [2.05, 4.69) is 16.0 Å². The highest BCUT2D eigenvalue weighted by Gasteiger charge is 2.52. The third kappa shape index (κ3) is 11.0. The first-order valence-corrected chi connectivity index (χ1v) is 11.6. The van der Waals surface area contributed by atoms with Gasteiger partial charge in [-0.25, -0.2) is 9.59 Å². The molecule has 2 N–H and O–H groups in total. The molecule has 39 heavy (non-hydrogen) atoms. The number of amides is 1. The summed E-state index contributed by atoms with van der Waals surface area (Å²) in [6, 6.07) is 4.11. The molecule has 1 amide bonds. The van der Waals surface area contributed by atoms with Crippen LogP contribution in [0.1, 0.15) is 18.4 Å². The molecule has 0 saturated carbocycles. The number of rotatable bonds is 7. The zero-order chi connectivity index (χ0) is 29.9. The largest absolute Gasteiger partial charge is 0.490 e. The number of aromatic nitrogens is 1. The number of alkyl halides is 6. The van der Waals surface area contributed by atoms with Crippen LogP contribution in [-0.2, 0) is 30.4 Å². The highest BCUT2D eigenvalue weighted by atomic mass is 19.4. The van der Waals surface area contributed by atoms with Crippen molar-refractivity contribution in [2.24, 2.45) is 11.3 Å². The summed E-state index contributed by atoms with van der Waals surface area (Å²) in [6.45, 7) is 5.58. The number of aliphatic carboxylic acids is 2. The number of carbonyl (C=O) groups is 3. The molecule has 2 saturated heterocycles. The second-order valence-electron chi connectivity index (χ2n) is 8.87. The summed E-state index contributed by atoms with van der Waals surface area (Å²) in [5.41, 5.74) is 1.29. The molecule has 0 aliphatic carbocycles. The van der Waals surface area contributed by atoms with Crippen molar-refractivity contribution < 1.29 is 60.4 Å². The lowest BCUT2D eigenvalue weighted by molar-refractivity contribution is -0.193. The van der Waals surface area contributed by atoms with Crippen LogP contribution >= 0.6 is 0 Å². The Bertz CT molecular complexity index is 899. The lowest BCUT2D eigenvalue weighted by atomic mass is 9.71. The lowest BCUT2D eigenvalue weighted by Crippen LogP contribution is -2.45. The summed E-state index contributed by atoms with van der Waals surface area (Å²) in [5.74, 6) is -5.30. The average molecular weight is 576 g/mol. The Labute approximate surface area is 220 Å². The predicted octanol–water partition coefficient (Wildman–Crippen LogP) is 2.68. The van der Waals surface area contributed by atoms with Crippen LogP contribution in [-0.4, -0.2) is 109 Å². The molecule has 1 unspecified atom stereocenters. The zero-order valence-electron chi connectivity index (χ0n) is 21.3. The summed E-state index contributed by atoms with van der Waals surface area (Å²) in [4.78, 5) is 39.2. The molecule has 222 valence electrons. The fourth-order valence-corrected chi connectivity index (χ4v) is 4.27. The van der Waals surface area contributed by atoms with E-state index in [0.717, 1.165) is 39.0 Å². The second-order valence-corrected chi connectivity index (χ2v) is 8.87. The Hall–Kier alpha value is -2.98. The molecular weight excluding hydrogens is 544 g/mol. The van der Waals surface area contributed by atoms with Crippen LogP contribution in [0.3, 0.4) is 0 Å². The number of carboxylic acid groups (broad SMARTS) is 2. The van der Waals surface area contributed by atoms with Crippen molar-refractivity contribution in [1.82, 2.24) is 14.8 Å². The van der Waals surface area contributed by atoms with Gasteiger partial charge in [0.1, 0.15) is 0 Å². The van der Waals surface area contributed by atoms with E-state index in [9.17, 15) is 31.1 Å². The third-order valence-corrected chi connectivity index (χ3v) is 6.22. The Morgan fingerprint density at radius 3 is 2.00 bits per heavy atom. The van der Waals surface area contributed by atoms with E-state index in [0.29, 0.717) is 19.8 Å². The van der Waals surface area contributed by atoms with Crippen molar-refractivity contribution in [3.8, 4) is 0 Å². The quantitative estimate of drug-likeness (QED) is 0.472. The molecule has 1 spiro atoms. The molecule has 2 aliphatic rings. The van der Waals surface area contributed by atoms with Gasteiger partial charge in [-0.05, 0) is 37.6 Å². The molecule has 1 atom stereocenters. The van der Waals surface area contributed by atoms with E-state index in [1.807, 2.05) is 23.4 Å². The van der Waals surface area contributed by atoms with Crippen molar-refractivity contribution >= 4 is 17.8 Å². The maximum Gasteiger partial charge on any atom is 0.490 e. The predicted molar refractivity (Wildman–Crippen MR) is 122 cm³/mol. The number of carboxylic acids is 2. The van der Waals surface area contributed by atoms with Gasteiger partial charge in [-0.15, -0.1) is 0 Å². The van der Waals surface area contributed by atoms with Crippen LogP contribution in [0.25, 0.3) is 0 Å². The van der Waals surface area contributed by atoms with E-state index in [1.54, 1.807) is 14.2 Å². The first-order chi connectivity index (χ1) is 18.1. The van der Waals surface area contributed by atoms with E-state index >= 15 is 0 Å². The van der Waals surface area contributed by atoms with Gasteiger partial charge in [0.05, 0.1) is 19.1 Å². The summed E-state index contributed by atoms with van der Waals surface area (Å²) in [6.07, 6.45) is -4.35. The molecule has 0 aromatic carbocycles. The second kappa shape index (κ2) is 15.0. The van der Waals surface area contributed by atoms with E-state index in [4.69, 9.17) is 29.3 Å². The maximum absolute atomic E-state index is 12.8. The van der Waals surface area contributed by atoms with Crippen molar-refractivity contribution in [2.75, 3.05) is 53.6 Å². The van der Waals surface area contributed by atoms with Gasteiger partial charge in [-0.3, -0.25) is 14.7 Å². The summed E-state index contributed by atoms with van der Waals surface area (Å²) in [5, 5.41) is 14.2. The number of halogens is 6. The van der Waals surface area contributed by atoms with Gasteiger partial charge in [0.15, 0.2) is 0 Å². The molecule has 0 radical (unpaired) electrons. The molecular formula is C23H31F6N3O7. The first kappa shape index (κ1) is 34.0. The number of nitrogens with zero attached hydrogens (tertiary/aromatic N) is 3. The standard InChI is InChI=1S/C19H29N3O3.2C2HF3O2/c1-24-11-10-22-15-19(17(14-25-2)18(22)23)5-8-21(9-6-19)13-16-4-3-7-20-12-16;2*3-2(4,5)1(6)7/h3-4,7,12,17H,5-6,8-11,13-15H2,1-2H3;2*(H,6,7). The zero-order valence-corrected chi connectivity index (χ0v) is 21.3. The molecule has 1 aromatic rings. The minimum absolute atomic E-state index is 0.0186. The van der Waals surface area contributed by atoms with Crippen molar-refractivity contribution in [2.45, 2.75) is 31.7 Å². The topological polar surface area (TPSA) is 130 Å². The molecule has 1 aromatic heterocycles. The fourth-order valence-electron chi connectivity index (χ4n) is 4.27. The van der Waals surface area contributed by atoms with Gasteiger partial charge in [0, 0.05) is 51.7 Å². The van der Waals surface area contributed by atoms with Crippen molar-refractivity contribution in [3.05, 3.63) is 30.1 Å². The number of pyridine rings is 1. The average Bonchev–Trinajstić information content (AvgIpc) is 3.10. The molecule has 2 aliphatic heterocycles. The van der Waals surface area contributed by atoms with Crippen molar-refractivity contribution in [3.63, 3.8) is 0 Å². The Balaban J connectivity index is 0.000000449. The molecule has 3 rings (SSSR count). The van der Waals surface area contributed by atoms with E-state index in [-0.39, 0.29) is 17.2 Å². The fraction of sp³-hybridized carbons (Fsp3) is 0.652. The smallest absolute Gasteiger partial charge is 0.475 e. The Morgan fingerprint density at radius 2 is 1.59 bits per heavy atom. The number of methoxy groups -OCH3 is 2. The van der Waals surface area contributed by atoms with Crippen LogP contribution in [0.4, 0.5) is 26.3 Å². The first-order valence-electron chi connectivity index (χ1n) is 11.6. The van der Waals surface area contributed by atoms with Gasteiger partial charge in [-0.1, -0.05) is 6.07 Å². The Kier molecular flexibility index (Phi) is 13.1.